The summed E-state index contributed by atoms with van der Waals surface area (Å²) in [5.74, 6) is -0.997. The van der Waals surface area contributed by atoms with Gasteiger partial charge in [-0.3, -0.25) is 9.89 Å². The van der Waals surface area contributed by atoms with Crippen molar-refractivity contribution in [3.63, 3.8) is 0 Å². The number of hydrogen-bond donors (Lipinski definition) is 3. The highest BCUT2D eigenvalue weighted by Crippen LogP contribution is 2.29. The smallest absolute Gasteiger partial charge is 0.257 e. The van der Waals surface area contributed by atoms with E-state index in [-0.39, 0.29) is 17.4 Å². The van der Waals surface area contributed by atoms with E-state index in [4.69, 9.17) is 4.74 Å². The molecule has 0 radical (unpaired) electrons. The maximum absolute atomic E-state index is 14.9. The van der Waals surface area contributed by atoms with Gasteiger partial charge in [-0.25, -0.2) is 8.78 Å². The van der Waals surface area contributed by atoms with Crippen LogP contribution in [0.2, 0.25) is 0 Å². The van der Waals surface area contributed by atoms with Crippen LogP contribution in [0.3, 0.4) is 0 Å². The normalized spacial score (nSPS) is 11.6. The van der Waals surface area contributed by atoms with Crippen molar-refractivity contribution < 1.29 is 18.3 Å². The molecule has 1 heterocycles. The molecular formula is C26H28F2N4O2. The number of H-pyrrole nitrogens is 1. The van der Waals surface area contributed by atoms with E-state index >= 15 is 0 Å². The summed E-state index contributed by atoms with van der Waals surface area (Å²) >= 11 is 0. The third-order valence-corrected chi connectivity index (χ3v) is 5.17. The van der Waals surface area contributed by atoms with Gasteiger partial charge in [-0.05, 0) is 60.5 Å². The van der Waals surface area contributed by atoms with Crippen molar-refractivity contribution in [3.8, 4) is 5.75 Å². The van der Waals surface area contributed by atoms with Crippen molar-refractivity contribution in [2.75, 3.05) is 12.4 Å². The number of aromatic nitrogens is 2. The van der Waals surface area contributed by atoms with E-state index < -0.39 is 17.5 Å². The van der Waals surface area contributed by atoms with Gasteiger partial charge in [0.05, 0.1) is 12.8 Å². The van der Waals surface area contributed by atoms with Crippen LogP contribution in [-0.2, 0) is 6.54 Å². The molecule has 0 aliphatic carbocycles. The minimum Gasteiger partial charge on any atom is -0.497 e. The van der Waals surface area contributed by atoms with Crippen molar-refractivity contribution in [2.45, 2.75) is 33.4 Å². The van der Waals surface area contributed by atoms with Gasteiger partial charge < -0.3 is 15.4 Å². The zero-order chi connectivity index (χ0) is 24.8. The molecule has 0 saturated carbocycles. The van der Waals surface area contributed by atoms with Crippen molar-refractivity contribution >= 4 is 29.5 Å². The predicted octanol–water partition coefficient (Wildman–Crippen LogP) is 5.65. The van der Waals surface area contributed by atoms with Gasteiger partial charge in [-0.1, -0.05) is 26.5 Å². The third kappa shape index (κ3) is 5.77. The zero-order valence-corrected chi connectivity index (χ0v) is 19.6. The summed E-state index contributed by atoms with van der Waals surface area (Å²) in [4.78, 5) is 12.7. The number of nitrogens with zero attached hydrogens (tertiary/aromatic N) is 1. The Morgan fingerprint density at radius 3 is 2.56 bits per heavy atom. The number of halogens is 2. The molecule has 0 atom stereocenters. The molecule has 0 bridgehead atoms. The quantitative estimate of drug-likeness (QED) is 0.381. The molecule has 1 amide bonds. The van der Waals surface area contributed by atoms with E-state index in [1.165, 1.54) is 25.3 Å². The summed E-state index contributed by atoms with van der Waals surface area (Å²) in [5.41, 5.74) is 2.03. The largest absolute Gasteiger partial charge is 0.497 e. The van der Waals surface area contributed by atoms with Crippen LogP contribution in [0, 0.1) is 11.6 Å². The molecule has 3 rings (SSSR count). The number of allylic oxidation sites excluding steroid dienone is 1. The van der Waals surface area contributed by atoms with E-state index in [9.17, 15) is 13.6 Å². The van der Waals surface area contributed by atoms with Gasteiger partial charge in [0, 0.05) is 29.3 Å². The SMILES string of the molecule is C=Cc1[nH]nc(NC(=O)c2cccc(OC)c2)c1/C=C(\C)c1c(F)cc(CNC(C)C)cc1F. The number of aromatic amines is 1. The van der Waals surface area contributed by atoms with E-state index in [0.717, 1.165) is 0 Å². The molecule has 3 aromatic rings. The third-order valence-electron chi connectivity index (χ3n) is 5.17. The number of hydrogen-bond acceptors (Lipinski definition) is 4. The Hall–Kier alpha value is -3.78. The molecule has 0 fully saturated rings. The average Bonchev–Trinajstić information content (AvgIpc) is 3.18. The number of carbonyl (C=O) groups excluding carboxylic acids is 1. The van der Waals surface area contributed by atoms with E-state index in [1.54, 1.807) is 37.3 Å². The van der Waals surface area contributed by atoms with Crippen molar-refractivity contribution in [1.29, 1.82) is 0 Å². The van der Waals surface area contributed by atoms with Crippen LogP contribution < -0.4 is 15.4 Å². The Bertz CT molecular complexity index is 1210. The lowest BCUT2D eigenvalue weighted by Crippen LogP contribution is -2.22. The topological polar surface area (TPSA) is 79.0 Å². The zero-order valence-electron chi connectivity index (χ0n) is 19.6. The molecule has 0 aliphatic rings. The minimum atomic E-state index is -0.667. The summed E-state index contributed by atoms with van der Waals surface area (Å²) in [7, 11) is 1.51. The molecule has 34 heavy (non-hydrogen) atoms. The number of carbonyl (C=O) groups is 1. The van der Waals surface area contributed by atoms with Crippen LogP contribution in [0.4, 0.5) is 14.6 Å². The molecule has 0 saturated heterocycles. The Morgan fingerprint density at radius 2 is 1.94 bits per heavy atom. The van der Waals surface area contributed by atoms with Crippen LogP contribution in [0.25, 0.3) is 17.7 Å². The maximum atomic E-state index is 14.9. The van der Waals surface area contributed by atoms with Gasteiger partial charge in [0.2, 0.25) is 0 Å². The van der Waals surface area contributed by atoms with Crippen LogP contribution in [-0.4, -0.2) is 29.3 Å². The Morgan fingerprint density at radius 1 is 1.24 bits per heavy atom. The lowest BCUT2D eigenvalue weighted by molar-refractivity contribution is 0.102. The number of amides is 1. The molecule has 6 nitrogen and oxygen atoms in total. The average molecular weight is 467 g/mol. The van der Waals surface area contributed by atoms with Gasteiger partial charge >= 0.3 is 0 Å². The lowest BCUT2D eigenvalue weighted by Gasteiger charge is -2.12. The summed E-state index contributed by atoms with van der Waals surface area (Å²) in [6.07, 6.45) is 3.08. The molecule has 0 spiro atoms. The molecular weight excluding hydrogens is 438 g/mol. The van der Waals surface area contributed by atoms with E-state index in [0.29, 0.717) is 40.3 Å². The fraction of sp³-hybridized carbons (Fsp3) is 0.231. The Labute approximate surface area is 197 Å². The lowest BCUT2D eigenvalue weighted by atomic mass is 10.0. The van der Waals surface area contributed by atoms with E-state index in [2.05, 4.69) is 27.4 Å². The molecule has 3 N–H and O–H groups in total. The number of anilines is 1. The van der Waals surface area contributed by atoms with Gasteiger partial charge in [0.1, 0.15) is 17.4 Å². The number of methoxy groups -OCH3 is 1. The molecule has 8 heteroatoms. The first-order chi connectivity index (χ1) is 16.2. The van der Waals surface area contributed by atoms with Crippen LogP contribution in [0.5, 0.6) is 5.75 Å². The molecule has 1 aromatic heterocycles. The first-order valence-corrected chi connectivity index (χ1v) is 10.8. The summed E-state index contributed by atoms with van der Waals surface area (Å²) in [6, 6.07) is 9.49. The second-order valence-corrected chi connectivity index (χ2v) is 8.09. The minimum absolute atomic E-state index is 0.144. The van der Waals surface area contributed by atoms with Gasteiger partial charge in [-0.2, -0.15) is 5.10 Å². The highest BCUT2D eigenvalue weighted by Gasteiger charge is 2.18. The van der Waals surface area contributed by atoms with Gasteiger partial charge in [0.15, 0.2) is 5.82 Å². The standard InChI is InChI=1S/C26H28F2N4O2/c1-6-23-20(25(32-31-23)30-26(33)18-8-7-9-19(13-18)34-5)10-16(4)24-21(27)11-17(12-22(24)28)14-29-15(2)3/h6-13,15,29H,1,14H2,2-5H3,(H2,30,31,32,33)/b16-10+. The highest BCUT2D eigenvalue weighted by molar-refractivity contribution is 6.05. The number of rotatable bonds is 9. The first kappa shape index (κ1) is 24.9. The second kappa shape index (κ2) is 10.9. The van der Waals surface area contributed by atoms with Crippen LogP contribution in [0.15, 0.2) is 43.0 Å². The highest BCUT2D eigenvalue weighted by atomic mass is 19.1. The Kier molecular flexibility index (Phi) is 7.96. The fourth-order valence-corrected chi connectivity index (χ4v) is 3.42. The molecule has 0 unspecified atom stereocenters. The van der Waals surface area contributed by atoms with Gasteiger partial charge in [0.25, 0.3) is 5.91 Å². The van der Waals surface area contributed by atoms with Gasteiger partial charge in [-0.15, -0.1) is 0 Å². The monoisotopic (exact) mass is 466 g/mol. The van der Waals surface area contributed by atoms with Crippen molar-refractivity contribution in [3.05, 3.63) is 82.6 Å². The number of benzene rings is 2. The number of ether oxygens (including phenoxy) is 1. The summed E-state index contributed by atoms with van der Waals surface area (Å²) in [5, 5.41) is 12.8. The summed E-state index contributed by atoms with van der Waals surface area (Å²) < 4.78 is 34.9. The van der Waals surface area contributed by atoms with Crippen molar-refractivity contribution in [2.24, 2.45) is 0 Å². The molecule has 2 aromatic carbocycles. The van der Waals surface area contributed by atoms with Crippen molar-refractivity contribution in [1.82, 2.24) is 15.5 Å². The first-order valence-electron chi connectivity index (χ1n) is 10.8. The molecule has 0 aliphatic heterocycles. The fourth-order valence-electron chi connectivity index (χ4n) is 3.42. The summed E-state index contributed by atoms with van der Waals surface area (Å²) in [6.45, 7) is 9.62. The van der Waals surface area contributed by atoms with E-state index in [1.807, 2.05) is 13.8 Å². The predicted molar refractivity (Wildman–Crippen MR) is 132 cm³/mol. The van der Waals surface area contributed by atoms with Crippen LogP contribution >= 0.6 is 0 Å². The maximum Gasteiger partial charge on any atom is 0.257 e. The second-order valence-electron chi connectivity index (χ2n) is 8.09. The Balaban J connectivity index is 1.93. The molecule has 178 valence electrons. The number of nitrogens with one attached hydrogen (secondary N) is 3. The van der Waals surface area contributed by atoms with Crippen LogP contribution in [0.1, 0.15) is 53.5 Å².